The van der Waals surface area contributed by atoms with Crippen LogP contribution in [0.15, 0.2) is 30.3 Å². The Labute approximate surface area is 143 Å². The molecule has 1 saturated heterocycles. The van der Waals surface area contributed by atoms with Crippen molar-refractivity contribution in [3.63, 3.8) is 0 Å². The first-order chi connectivity index (χ1) is 11.1. The molecule has 1 N–H and O–H groups in total. The number of thioether (sulfide) groups is 1. The van der Waals surface area contributed by atoms with Gasteiger partial charge in [-0.25, -0.2) is 0 Å². The SMILES string of the molecule is CSCCC(NC(=O)c1ccccc1)C(=O)N1CCCC(C)C1. The lowest BCUT2D eigenvalue weighted by molar-refractivity contribution is -0.135. The van der Waals surface area contributed by atoms with Crippen LogP contribution in [0.4, 0.5) is 0 Å². The number of amides is 2. The van der Waals surface area contributed by atoms with Crippen molar-refractivity contribution in [1.82, 2.24) is 10.2 Å². The van der Waals surface area contributed by atoms with Gasteiger partial charge in [0.15, 0.2) is 0 Å². The number of nitrogens with zero attached hydrogens (tertiary/aromatic N) is 1. The van der Waals surface area contributed by atoms with E-state index < -0.39 is 6.04 Å². The summed E-state index contributed by atoms with van der Waals surface area (Å²) in [5.74, 6) is 1.29. The van der Waals surface area contributed by atoms with Crippen molar-refractivity contribution in [2.45, 2.75) is 32.2 Å². The Morgan fingerprint density at radius 2 is 2.09 bits per heavy atom. The number of likely N-dealkylation sites (tertiary alicyclic amines) is 1. The molecule has 126 valence electrons. The Morgan fingerprint density at radius 1 is 1.35 bits per heavy atom. The Hall–Kier alpha value is -1.49. The van der Waals surface area contributed by atoms with Crippen LogP contribution in [-0.2, 0) is 4.79 Å². The average Bonchev–Trinajstić information content (AvgIpc) is 2.58. The first-order valence-electron chi connectivity index (χ1n) is 8.25. The lowest BCUT2D eigenvalue weighted by Crippen LogP contribution is -2.51. The zero-order valence-corrected chi connectivity index (χ0v) is 14.8. The van der Waals surface area contributed by atoms with Crippen LogP contribution in [-0.4, -0.2) is 47.9 Å². The highest BCUT2D eigenvalue weighted by molar-refractivity contribution is 7.98. The predicted octanol–water partition coefficient (Wildman–Crippen LogP) is 2.80. The molecule has 2 rings (SSSR count). The summed E-state index contributed by atoms with van der Waals surface area (Å²) in [6.45, 7) is 3.79. The van der Waals surface area contributed by atoms with Gasteiger partial charge in [0.25, 0.3) is 5.91 Å². The summed E-state index contributed by atoms with van der Waals surface area (Å²) < 4.78 is 0. The largest absolute Gasteiger partial charge is 0.341 e. The van der Waals surface area contributed by atoms with Crippen LogP contribution >= 0.6 is 11.8 Å². The van der Waals surface area contributed by atoms with Crippen molar-refractivity contribution in [3.8, 4) is 0 Å². The van der Waals surface area contributed by atoms with Gasteiger partial charge in [-0.3, -0.25) is 9.59 Å². The smallest absolute Gasteiger partial charge is 0.251 e. The second-order valence-corrected chi connectivity index (χ2v) is 7.19. The van der Waals surface area contributed by atoms with Crippen LogP contribution in [0, 0.1) is 5.92 Å². The summed E-state index contributed by atoms with van der Waals surface area (Å²) in [6.07, 6.45) is 4.91. The van der Waals surface area contributed by atoms with Gasteiger partial charge in [0.1, 0.15) is 6.04 Å². The number of benzene rings is 1. The molecule has 0 aromatic heterocycles. The highest BCUT2D eigenvalue weighted by atomic mass is 32.2. The third kappa shape index (κ3) is 5.27. The van der Waals surface area contributed by atoms with Gasteiger partial charge in [-0.2, -0.15) is 11.8 Å². The van der Waals surface area contributed by atoms with Gasteiger partial charge in [0, 0.05) is 18.7 Å². The van der Waals surface area contributed by atoms with Crippen molar-refractivity contribution in [3.05, 3.63) is 35.9 Å². The second kappa shape index (κ2) is 8.96. The summed E-state index contributed by atoms with van der Waals surface area (Å²) in [5, 5.41) is 2.94. The minimum Gasteiger partial charge on any atom is -0.341 e. The number of carbonyl (C=O) groups is 2. The van der Waals surface area contributed by atoms with Gasteiger partial charge < -0.3 is 10.2 Å². The molecule has 2 amide bonds. The van der Waals surface area contributed by atoms with E-state index >= 15 is 0 Å². The van der Waals surface area contributed by atoms with E-state index in [0.717, 1.165) is 25.3 Å². The zero-order chi connectivity index (χ0) is 16.7. The number of hydrogen-bond donors (Lipinski definition) is 1. The molecule has 0 radical (unpaired) electrons. The molecule has 1 heterocycles. The molecule has 0 aliphatic carbocycles. The summed E-state index contributed by atoms with van der Waals surface area (Å²) >= 11 is 1.70. The summed E-state index contributed by atoms with van der Waals surface area (Å²) in [6, 6.07) is 8.66. The fourth-order valence-corrected chi connectivity index (χ4v) is 3.41. The maximum atomic E-state index is 12.8. The van der Waals surface area contributed by atoms with E-state index in [0.29, 0.717) is 17.9 Å². The predicted molar refractivity (Wildman–Crippen MR) is 95.7 cm³/mol. The van der Waals surface area contributed by atoms with Crippen molar-refractivity contribution in [2.24, 2.45) is 5.92 Å². The van der Waals surface area contributed by atoms with E-state index in [1.165, 1.54) is 6.42 Å². The maximum absolute atomic E-state index is 12.8. The first kappa shape index (κ1) is 17.9. The maximum Gasteiger partial charge on any atom is 0.251 e. The van der Waals surface area contributed by atoms with Crippen molar-refractivity contribution in [2.75, 3.05) is 25.1 Å². The number of carbonyl (C=O) groups excluding carboxylic acids is 2. The molecule has 0 spiro atoms. The fourth-order valence-electron chi connectivity index (χ4n) is 2.93. The van der Waals surface area contributed by atoms with Crippen LogP contribution in [0.5, 0.6) is 0 Å². The molecule has 2 unspecified atom stereocenters. The van der Waals surface area contributed by atoms with E-state index in [9.17, 15) is 9.59 Å². The van der Waals surface area contributed by atoms with Crippen molar-refractivity contribution >= 4 is 23.6 Å². The van der Waals surface area contributed by atoms with Gasteiger partial charge in [-0.1, -0.05) is 25.1 Å². The Bertz CT molecular complexity index is 521. The number of rotatable bonds is 6. The first-order valence-corrected chi connectivity index (χ1v) is 9.65. The van der Waals surface area contributed by atoms with Gasteiger partial charge in [-0.05, 0) is 49.3 Å². The molecular formula is C18H26N2O2S. The molecule has 2 atom stereocenters. The van der Waals surface area contributed by atoms with Crippen LogP contribution in [0.2, 0.25) is 0 Å². The fraction of sp³-hybridized carbons (Fsp3) is 0.556. The highest BCUT2D eigenvalue weighted by Gasteiger charge is 2.28. The lowest BCUT2D eigenvalue weighted by atomic mass is 9.99. The van der Waals surface area contributed by atoms with Gasteiger partial charge in [-0.15, -0.1) is 0 Å². The monoisotopic (exact) mass is 334 g/mol. The summed E-state index contributed by atoms with van der Waals surface area (Å²) in [4.78, 5) is 27.1. The minimum absolute atomic E-state index is 0.0647. The van der Waals surface area contributed by atoms with E-state index in [2.05, 4.69) is 12.2 Å². The molecule has 1 aromatic rings. The van der Waals surface area contributed by atoms with Gasteiger partial charge >= 0.3 is 0 Å². The van der Waals surface area contributed by atoms with Gasteiger partial charge in [0.2, 0.25) is 5.91 Å². The number of nitrogens with one attached hydrogen (secondary N) is 1. The van der Waals surface area contributed by atoms with Crippen LogP contribution in [0.25, 0.3) is 0 Å². The topological polar surface area (TPSA) is 49.4 Å². The molecule has 1 aliphatic heterocycles. The lowest BCUT2D eigenvalue weighted by Gasteiger charge is -2.33. The molecule has 4 nitrogen and oxygen atoms in total. The number of piperidine rings is 1. The van der Waals surface area contributed by atoms with Crippen LogP contribution in [0.1, 0.15) is 36.5 Å². The van der Waals surface area contributed by atoms with E-state index in [1.54, 1.807) is 23.9 Å². The third-order valence-electron chi connectivity index (χ3n) is 4.22. The van der Waals surface area contributed by atoms with Crippen LogP contribution < -0.4 is 5.32 Å². The van der Waals surface area contributed by atoms with Crippen LogP contribution in [0.3, 0.4) is 0 Å². The van der Waals surface area contributed by atoms with E-state index in [4.69, 9.17) is 0 Å². The van der Waals surface area contributed by atoms with E-state index in [-0.39, 0.29) is 11.8 Å². The minimum atomic E-state index is -0.430. The molecule has 23 heavy (non-hydrogen) atoms. The van der Waals surface area contributed by atoms with Crippen molar-refractivity contribution in [1.29, 1.82) is 0 Å². The molecule has 0 bridgehead atoms. The highest BCUT2D eigenvalue weighted by Crippen LogP contribution is 2.17. The molecule has 1 fully saturated rings. The Morgan fingerprint density at radius 3 is 2.74 bits per heavy atom. The number of hydrogen-bond acceptors (Lipinski definition) is 3. The second-order valence-electron chi connectivity index (χ2n) is 6.21. The molecule has 1 aromatic carbocycles. The normalized spacial score (nSPS) is 19.2. The Kier molecular flexibility index (Phi) is 6.96. The standard InChI is InChI=1S/C18H26N2O2S/c1-14-7-6-11-20(13-14)18(22)16(10-12-23-2)19-17(21)15-8-4-3-5-9-15/h3-5,8-9,14,16H,6-7,10-13H2,1-2H3,(H,19,21). The quantitative estimate of drug-likeness (QED) is 0.870. The van der Waals surface area contributed by atoms with Gasteiger partial charge in [0.05, 0.1) is 0 Å². The average molecular weight is 334 g/mol. The Balaban J connectivity index is 2.03. The van der Waals surface area contributed by atoms with E-state index in [1.807, 2.05) is 29.4 Å². The van der Waals surface area contributed by atoms with Crippen molar-refractivity contribution < 1.29 is 9.59 Å². The molecule has 1 aliphatic rings. The molecule has 5 heteroatoms. The molecule has 0 saturated carbocycles. The summed E-state index contributed by atoms with van der Waals surface area (Å²) in [7, 11) is 0. The molecular weight excluding hydrogens is 308 g/mol. The zero-order valence-electron chi connectivity index (χ0n) is 14.0. The summed E-state index contributed by atoms with van der Waals surface area (Å²) in [5.41, 5.74) is 0.599. The third-order valence-corrected chi connectivity index (χ3v) is 4.86.